The molecule has 0 saturated heterocycles. The lowest BCUT2D eigenvalue weighted by atomic mass is 9.95. The number of benzene rings is 3. The minimum atomic E-state index is -0.717. The summed E-state index contributed by atoms with van der Waals surface area (Å²) in [7, 11) is 1.57. The van der Waals surface area contributed by atoms with Crippen LogP contribution in [0.25, 0.3) is 6.08 Å². The summed E-state index contributed by atoms with van der Waals surface area (Å²) in [6, 6.07) is 23.1. The average molecular weight is 616 g/mol. The number of anilines is 1. The quantitative estimate of drug-likeness (QED) is 0.329. The number of para-hydroxylation sites is 1. The molecule has 0 saturated carbocycles. The molecule has 1 aliphatic rings. The maximum atomic E-state index is 13.9. The number of carbonyl (C=O) groups is 1. The van der Waals surface area contributed by atoms with Crippen LogP contribution in [0.3, 0.4) is 0 Å². The molecule has 40 heavy (non-hydrogen) atoms. The summed E-state index contributed by atoms with van der Waals surface area (Å²) in [4.78, 5) is 32.7. The Kier molecular flexibility index (Phi) is 7.96. The molecule has 3 aromatic carbocycles. The zero-order valence-corrected chi connectivity index (χ0v) is 24.0. The van der Waals surface area contributed by atoms with Gasteiger partial charge in [0.2, 0.25) is 0 Å². The summed E-state index contributed by atoms with van der Waals surface area (Å²) >= 11 is 4.71. The molecule has 10 heteroatoms. The fourth-order valence-corrected chi connectivity index (χ4v) is 6.00. The number of amides is 1. The highest BCUT2D eigenvalue weighted by Crippen LogP contribution is 2.32. The van der Waals surface area contributed by atoms with Crippen molar-refractivity contribution in [1.29, 1.82) is 5.26 Å². The molecule has 0 fully saturated rings. The predicted octanol–water partition coefficient (Wildman–Crippen LogP) is 4.55. The number of nitriles is 1. The molecule has 1 aromatic heterocycles. The second kappa shape index (κ2) is 11.7. The Labute approximate surface area is 242 Å². The summed E-state index contributed by atoms with van der Waals surface area (Å²) in [6.45, 7) is 1.71. The van der Waals surface area contributed by atoms with Gasteiger partial charge >= 0.3 is 0 Å². The van der Waals surface area contributed by atoms with E-state index >= 15 is 0 Å². The summed E-state index contributed by atoms with van der Waals surface area (Å²) in [5.41, 5.74) is 2.75. The highest BCUT2D eigenvalue weighted by Gasteiger charge is 2.32. The second-order valence-electron chi connectivity index (χ2n) is 8.82. The Morgan fingerprint density at radius 1 is 1.18 bits per heavy atom. The third-order valence-corrected chi connectivity index (χ3v) is 7.86. The van der Waals surface area contributed by atoms with Crippen molar-refractivity contribution in [3.63, 3.8) is 0 Å². The Balaban J connectivity index is 1.63. The van der Waals surface area contributed by atoms with E-state index in [-0.39, 0.29) is 18.1 Å². The highest BCUT2D eigenvalue weighted by molar-refractivity contribution is 9.10. The number of halogens is 1. The first-order valence-electron chi connectivity index (χ1n) is 12.2. The summed E-state index contributed by atoms with van der Waals surface area (Å²) in [5.74, 6) is 0.801. The minimum Gasteiger partial charge on any atom is -0.497 e. The van der Waals surface area contributed by atoms with Gasteiger partial charge in [-0.3, -0.25) is 14.2 Å². The zero-order chi connectivity index (χ0) is 28.2. The molecule has 1 N–H and O–H groups in total. The van der Waals surface area contributed by atoms with Crippen molar-refractivity contribution in [1.82, 2.24) is 4.57 Å². The van der Waals surface area contributed by atoms with Crippen LogP contribution in [0.15, 0.2) is 98.3 Å². The molecule has 0 spiro atoms. The Bertz CT molecular complexity index is 1850. The largest absolute Gasteiger partial charge is 0.497 e. The van der Waals surface area contributed by atoms with Gasteiger partial charge in [-0.2, -0.15) is 5.26 Å². The van der Waals surface area contributed by atoms with Crippen LogP contribution in [0.2, 0.25) is 0 Å². The van der Waals surface area contributed by atoms with Crippen molar-refractivity contribution in [2.24, 2.45) is 4.99 Å². The van der Waals surface area contributed by atoms with Crippen molar-refractivity contribution in [2.75, 3.05) is 19.0 Å². The lowest BCUT2D eigenvalue weighted by molar-refractivity contribution is -0.113. The molecular weight excluding hydrogens is 592 g/mol. The number of ether oxygens (including phenoxy) is 2. The number of methoxy groups -OCH3 is 1. The maximum absolute atomic E-state index is 13.9. The first-order chi connectivity index (χ1) is 19.4. The topological polar surface area (TPSA) is 106 Å². The number of thiazole rings is 1. The predicted molar refractivity (Wildman–Crippen MR) is 157 cm³/mol. The van der Waals surface area contributed by atoms with E-state index < -0.39 is 6.04 Å². The van der Waals surface area contributed by atoms with E-state index in [2.05, 4.69) is 26.2 Å². The van der Waals surface area contributed by atoms with Crippen molar-refractivity contribution in [3.8, 4) is 17.6 Å². The molecule has 0 bridgehead atoms. The molecule has 8 nitrogen and oxygen atoms in total. The maximum Gasteiger partial charge on any atom is 0.271 e. The number of nitrogens with one attached hydrogen (secondary N) is 1. The Morgan fingerprint density at radius 3 is 2.70 bits per heavy atom. The van der Waals surface area contributed by atoms with Gasteiger partial charge in [0.05, 0.1) is 33.4 Å². The monoisotopic (exact) mass is 614 g/mol. The fourth-order valence-electron chi connectivity index (χ4n) is 4.44. The standard InChI is InChI=1S/C30H23BrN4O4S/c1-18-26(28(36)34-21-8-4-3-5-9-21)27(20-7-6-10-22(17-20)38-2)35-29(37)25(40-30(35)33-18)16-19-11-12-24(23(31)15-19)39-14-13-32/h3-12,15-17,27H,14H2,1-2H3,(H,34,36)/b25-16-/t27-/m1/s1. The number of rotatable bonds is 7. The van der Waals surface area contributed by atoms with Crippen molar-refractivity contribution in [2.45, 2.75) is 13.0 Å². The lowest BCUT2D eigenvalue weighted by Crippen LogP contribution is -2.40. The number of carbonyl (C=O) groups excluding carboxylic acids is 1. The van der Waals surface area contributed by atoms with Gasteiger partial charge < -0.3 is 14.8 Å². The van der Waals surface area contributed by atoms with Gasteiger partial charge in [0.15, 0.2) is 11.4 Å². The number of hydrogen-bond acceptors (Lipinski definition) is 7. The van der Waals surface area contributed by atoms with Gasteiger partial charge in [-0.15, -0.1) is 0 Å². The highest BCUT2D eigenvalue weighted by atomic mass is 79.9. The lowest BCUT2D eigenvalue weighted by Gasteiger charge is -2.25. The van der Waals surface area contributed by atoms with Crippen molar-refractivity contribution >= 4 is 44.9 Å². The molecule has 2 heterocycles. The van der Waals surface area contributed by atoms with E-state index in [0.29, 0.717) is 42.3 Å². The van der Waals surface area contributed by atoms with Gasteiger partial charge in [0.1, 0.15) is 17.6 Å². The number of fused-ring (bicyclic) bond motifs is 1. The average Bonchev–Trinajstić information content (AvgIpc) is 3.26. The number of hydrogen-bond donors (Lipinski definition) is 1. The number of aromatic nitrogens is 1. The van der Waals surface area contributed by atoms with Crippen LogP contribution in [-0.2, 0) is 4.79 Å². The number of nitrogens with zero attached hydrogens (tertiary/aromatic N) is 3. The van der Waals surface area contributed by atoms with Crippen LogP contribution in [0.5, 0.6) is 11.5 Å². The van der Waals surface area contributed by atoms with Crippen LogP contribution >= 0.6 is 27.3 Å². The molecule has 0 radical (unpaired) electrons. The molecule has 1 aliphatic heterocycles. The minimum absolute atomic E-state index is 0.0691. The second-order valence-corrected chi connectivity index (χ2v) is 10.7. The van der Waals surface area contributed by atoms with E-state index in [1.54, 1.807) is 48.9 Å². The van der Waals surface area contributed by atoms with Gasteiger partial charge in [-0.1, -0.05) is 47.7 Å². The molecule has 5 rings (SSSR count). The van der Waals surface area contributed by atoms with E-state index in [4.69, 9.17) is 14.7 Å². The molecule has 0 unspecified atom stereocenters. The molecule has 1 amide bonds. The first kappa shape index (κ1) is 27.1. The van der Waals surface area contributed by atoms with Crippen molar-refractivity contribution in [3.05, 3.63) is 119 Å². The van der Waals surface area contributed by atoms with Gasteiger partial charge in [-0.05, 0) is 76.5 Å². The van der Waals surface area contributed by atoms with Gasteiger partial charge in [0, 0.05) is 5.69 Å². The third kappa shape index (κ3) is 5.47. The van der Waals surface area contributed by atoms with Gasteiger partial charge in [-0.25, -0.2) is 4.99 Å². The van der Waals surface area contributed by atoms with Crippen molar-refractivity contribution < 1.29 is 14.3 Å². The Hall–Kier alpha value is -4.46. The van der Waals surface area contributed by atoms with Gasteiger partial charge in [0.25, 0.3) is 11.5 Å². The van der Waals surface area contributed by atoms with Crippen LogP contribution in [0, 0.1) is 11.3 Å². The van der Waals surface area contributed by atoms with E-state index in [0.717, 1.165) is 11.1 Å². The Morgan fingerprint density at radius 2 is 1.98 bits per heavy atom. The normalized spacial score (nSPS) is 14.7. The van der Waals surface area contributed by atoms with E-state index in [9.17, 15) is 9.59 Å². The first-order valence-corrected chi connectivity index (χ1v) is 13.8. The molecule has 200 valence electrons. The molecule has 4 aromatic rings. The van der Waals surface area contributed by atoms with Crippen LogP contribution in [0.4, 0.5) is 5.69 Å². The van der Waals surface area contributed by atoms with E-state index in [1.165, 1.54) is 11.3 Å². The SMILES string of the molecule is COc1cccc([C@@H]2C(C(=O)Nc3ccccc3)=C(C)N=c3s/c(=C\c4ccc(OCC#N)c(Br)c4)c(=O)n32)c1. The van der Waals surface area contributed by atoms with E-state index in [1.807, 2.05) is 54.6 Å². The summed E-state index contributed by atoms with van der Waals surface area (Å²) in [5, 5.41) is 11.7. The summed E-state index contributed by atoms with van der Waals surface area (Å²) in [6.07, 6.45) is 1.77. The number of allylic oxidation sites excluding steroid dienone is 1. The van der Waals surface area contributed by atoms with Crippen LogP contribution in [-0.4, -0.2) is 24.2 Å². The molecule has 0 aliphatic carbocycles. The summed E-state index contributed by atoms with van der Waals surface area (Å²) < 4.78 is 13.5. The van der Waals surface area contributed by atoms with Crippen LogP contribution < -0.4 is 29.7 Å². The molecule has 1 atom stereocenters. The smallest absolute Gasteiger partial charge is 0.271 e. The molecular formula is C30H23BrN4O4S. The van der Waals surface area contributed by atoms with Crippen LogP contribution in [0.1, 0.15) is 24.1 Å². The third-order valence-electron chi connectivity index (χ3n) is 6.25. The fraction of sp³-hybridized carbons (Fsp3) is 0.133. The zero-order valence-electron chi connectivity index (χ0n) is 21.6.